The van der Waals surface area contributed by atoms with Crippen molar-refractivity contribution < 1.29 is 9.18 Å². The van der Waals surface area contributed by atoms with Gasteiger partial charge in [-0.15, -0.1) is 5.10 Å². The maximum atomic E-state index is 13.0. The highest BCUT2D eigenvalue weighted by molar-refractivity contribution is 8.00. The molecule has 0 aliphatic rings. The van der Waals surface area contributed by atoms with E-state index >= 15 is 0 Å². The molecule has 9 heteroatoms. The third-order valence-corrected chi connectivity index (χ3v) is 3.90. The number of aromatic nitrogens is 3. The van der Waals surface area contributed by atoms with E-state index in [1.807, 2.05) is 0 Å². The van der Waals surface area contributed by atoms with E-state index in [0.29, 0.717) is 10.8 Å². The SMILES string of the molecule is CC(Sc1n[nH]c(=O)n1C)C(=O)Nc1ccc(F)c(N)c1. The first-order chi connectivity index (χ1) is 9.88. The summed E-state index contributed by atoms with van der Waals surface area (Å²) in [6, 6.07) is 3.94. The smallest absolute Gasteiger partial charge is 0.343 e. The summed E-state index contributed by atoms with van der Waals surface area (Å²) in [5.41, 5.74) is 5.45. The van der Waals surface area contributed by atoms with Crippen LogP contribution in [0.4, 0.5) is 15.8 Å². The Morgan fingerprint density at radius 3 is 2.86 bits per heavy atom. The monoisotopic (exact) mass is 311 g/mol. The van der Waals surface area contributed by atoms with E-state index in [1.165, 1.54) is 22.8 Å². The van der Waals surface area contributed by atoms with Gasteiger partial charge in [0.2, 0.25) is 5.91 Å². The second kappa shape index (κ2) is 6.00. The van der Waals surface area contributed by atoms with Crippen LogP contribution in [0.5, 0.6) is 0 Å². The fourth-order valence-electron chi connectivity index (χ4n) is 1.51. The van der Waals surface area contributed by atoms with Gasteiger partial charge >= 0.3 is 5.69 Å². The molecule has 0 saturated carbocycles. The molecule has 0 aliphatic carbocycles. The van der Waals surface area contributed by atoms with Crippen molar-refractivity contribution in [3.63, 3.8) is 0 Å². The molecule has 2 aromatic rings. The molecule has 1 heterocycles. The Balaban J connectivity index is 2.04. The van der Waals surface area contributed by atoms with E-state index in [4.69, 9.17) is 5.73 Å². The highest BCUT2D eigenvalue weighted by atomic mass is 32.2. The number of carbonyl (C=O) groups excluding carboxylic acids is 1. The predicted molar refractivity (Wildman–Crippen MR) is 78.6 cm³/mol. The summed E-state index contributed by atoms with van der Waals surface area (Å²) >= 11 is 1.13. The van der Waals surface area contributed by atoms with Gasteiger partial charge in [0.1, 0.15) is 5.82 Å². The summed E-state index contributed by atoms with van der Waals surface area (Å²) in [5, 5.41) is 8.63. The summed E-state index contributed by atoms with van der Waals surface area (Å²) < 4.78 is 14.4. The molecule has 1 unspecified atom stereocenters. The molecule has 21 heavy (non-hydrogen) atoms. The number of nitrogens with one attached hydrogen (secondary N) is 2. The van der Waals surface area contributed by atoms with E-state index in [-0.39, 0.29) is 17.3 Å². The molecule has 1 atom stereocenters. The molecule has 0 aliphatic heterocycles. The number of nitrogen functional groups attached to an aromatic ring is 1. The van der Waals surface area contributed by atoms with Crippen LogP contribution in [0.1, 0.15) is 6.92 Å². The van der Waals surface area contributed by atoms with Gasteiger partial charge in [0, 0.05) is 12.7 Å². The lowest BCUT2D eigenvalue weighted by Crippen LogP contribution is -2.23. The van der Waals surface area contributed by atoms with Crippen LogP contribution in [0, 0.1) is 5.82 Å². The van der Waals surface area contributed by atoms with E-state index in [9.17, 15) is 14.0 Å². The minimum absolute atomic E-state index is 0.0391. The largest absolute Gasteiger partial charge is 0.396 e. The van der Waals surface area contributed by atoms with Gasteiger partial charge < -0.3 is 11.1 Å². The highest BCUT2D eigenvalue weighted by Gasteiger charge is 2.18. The normalized spacial score (nSPS) is 12.1. The maximum absolute atomic E-state index is 13.0. The standard InChI is InChI=1S/C12H14FN5O2S/c1-6(21-12-17-16-11(20)18(12)2)10(19)15-7-3-4-8(13)9(14)5-7/h3-6H,14H2,1-2H3,(H,15,19)(H,16,20). The fourth-order valence-corrected chi connectivity index (χ4v) is 2.34. The molecule has 1 aromatic heterocycles. The Hall–Kier alpha value is -2.29. The molecule has 0 bridgehead atoms. The van der Waals surface area contributed by atoms with E-state index in [1.54, 1.807) is 14.0 Å². The third kappa shape index (κ3) is 3.43. The Bertz CT molecular complexity index is 727. The number of benzene rings is 1. The second-order valence-corrected chi connectivity index (χ2v) is 5.66. The predicted octanol–water partition coefficient (Wildman–Crippen LogP) is 0.949. The van der Waals surface area contributed by atoms with Gasteiger partial charge in [-0.25, -0.2) is 14.3 Å². The van der Waals surface area contributed by atoms with E-state index in [2.05, 4.69) is 15.5 Å². The molecule has 112 valence electrons. The molecular weight excluding hydrogens is 297 g/mol. The van der Waals surface area contributed by atoms with Crippen LogP contribution in [0.3, 0.4) is 0 Å². The van der Waals surface area contributed by atoms with Crippen LogP contribution in [0.2, 0.25) is 0 Å². The molecule has 0 fully saturated rings. The van der Waals surface area contributed by atoms with E-state index in [0.717, 1.165) is 11.8 Å². The number of aromatic amines is 1. The van der Waals surface area contributed by atoms with Crippen LogP contribution in [0.25, 0.3) is 0 Å². The lowest BCUT2D eigenvalue weighted by Gasteiger charge is -2.11. The Morgan fingerprint density at radius 1 is 1.57 bits per heavy atom. The average Bonchev–Trinajstić information content (AvgIpc) is 2.75. The zero-order valence-electron chi connectivity index (χ0n) is 11.4. The summed E-state index contributed by atoms with van der Waals surface area (Å²) in [4.78, 5) is 23.3. The number of hydrogen-bond acceptors (Lipinski definition) is 5. The number of amides is 1. The van der Waals surface area contributed by atoms with Crippen molar-refractivity contribution in [2.75, 3.05) is 11.1 Å². The molecule has 0 spiro atoms. The van der Waals surface area contributed by atoms with Crippen molar-refractivity contribution in [1.29, 1.82) is 0 Å². The molecule has 2 rings (SSSR count). The number of nitrogens with zero attached hydrogens (tertiary/aromatic N) is 2. The van der Waals surface area contributed by atoms with Crippen LogP contribution in [-0.4, -0.2) is 25.9 Å². The van der Waals surface area contributed by atoms with Crippen LogP contribution in [0.15, 0.2) is 28.2 Å². The third-order valence-electron chi connectivity index (χ3n) is 2.75. The number of halogens is 1. The fraction of sp³-hybridized carbons (Fsp3) is 0.250. The molecule has 4 N–H and O–H groups in total. The second-order valence-electron chi connectivity index (χ2n) is 4.36. The van der Waals surface area contributed by atoms with Crippen molar-refractivity contribution in [2.45, 2.75) is 17.3 Å². The number of H-pyrrole nitrogens is 1. The quantitative estimate of drug-likeness (QED) is 0.576. The topological polar surface area (TPSA) is 106 Å². The summed E-state index contributed by atoms with van der Waals surface area (Å²) in [6.07, 6.45) is 0. The van der Waals surface area contributed by atoms with Gasteiger partial charge in [0.25, 0.3) is 0 Å². The molecular formula is C12H14FN5O2S. The Kier molecular flexibility index (Phi) is 4.32. The van der Waals surface area contributed by atoms with Crippen molar-refractivity contribution in [3.05, 3.63) is 34.5 Å². The zero-order chi connectivity index (χ0) is 15.6. The van der Waals surface area contributed by atoms with Crippen molar-refractivity contribution in [1.82, 2.24) is 14.8 Å². The summed E-state index contributed by atoms with van der Waals surface area (Å²) in [5.74, 6) is -0.844. The summed E-state index contributed by atoms with van der Waals surface area (Å²) in [7, 11) is 1.56. The molecule has 1 amide bonds. The number of nitrogens with two attached hydrogens (primary N) is 1. The van der Waals surface area contributed by atoms with Crippen LogP contribution in [-0.2, 0) is 11.8 Å². The zero-order valence-corrected chi connectivity index (χ0v) is 12.2. The lowest BCUT2D eigenvalue weighted by atomic mass is 10.2. The molecule has 1 aromatic carbocycles. The number of rotatable bonds is 4. The molecule has 0 radical (unpaired) electrons. The first-order valence-corrected chi connectivity index (χ1v) is 6.90. The van der Waals surface area contributed by atoms with Gasteiger partial charge in [-0.3, -0.25) is 9.36 Å². The van der Waals surface area contributed by atoms with Crippen LogP contribution >= 0.6 is 11.8 Å². The minimum Gasteiger partial charge on any atom is -0.396 e. The first-order valence-electron chi connectivity index (χ1n) is 6.02. The Labute approximate surface area is 123 Å². The van der Waals surface area contributed by atoms with Gasteiger partial charge in [-0.1, -0.05) is 11.8 Å². The van der Waals surface area contributed by atoms with Crippen molar-refractivity contribution >= 4 is 29.0 Å². The molecule has 0 saturated heterocycles. The van der Waals surface area contributed by atoms with Gasteiger partial charge in [-0.05, 0) is 25.1 Å². The average molecular weight is 311 g/mol. The summed E-state index contributed by atoms with van der Waals surface area (Å²) in [6.45, 7) is 1.67. The highest BCUT2D eigenvalue weighted by Crippen LogP contribution is 2.22. The van der Waals surface area contributed by atoms with Gasteiger partial charge in [0.15, 0.2) is 5.16 Å². The van der Waals surface area contributed by atoms with Crippen LogP contribution < -0.4 is 16.7 Å². The molecule has 7 nitrogen and oxygen atoms in total. The van der Waals surface area contributed by atoms with Crippen molar-refractivity contribution in [2.24, 2.45) is 7.05 Å². The first kappa shape index (κ1) is 15.1. The number of anilines is 2. The van der Waals surface area contributed by atoms with Crippen molar-refractivity contribution in [3.8, 4) is 0 Å². The number of thioether (sulfide) groups is 1. The van der Waals surface area contributed by atoms with Gasteiger partial charge in [0.05, 0.1) is 10.9 Å². The van der Waals surface area contributed by atoms with E-state index < -0.39 is 11.1 Å². The number of carbonyl (C=O) groups is 1. The minimum atomic E-state index is -0.540. The maximum Gasteiger partial charge on any atom is 0.343 e. The Morgan fingerprint density at radius 2 is 2.29 bits per heavy atom. The number of hydrogen-bond donors (Lipinski definition) is 3. The lowest BCUT2D eigenvalue weighted by molar-refractivity contribution is -0.115. The van der Waals surface area contributed by atoms with Gasteiger partial charge in [-0.2, -0.15) is 0 Å².